The van der Waals surface area contributed by atoms with E-state index in [1.807, 2.05) is 36.0 Å². The van der Waals surface area contributed by atoms with Crippen molar-refractivity contribution in [3.63, 3.8) is 0 Å². The second-order valence-corrected chi connectivity index (χ2v) is 8.45. The highest BCUT2D eigenvalue weighted by Crippen LogP contribution is 2.23. The van der Waals surface area contributed by atoms with Crippen LogP contribution in [0.3, 0.4) is 0 Å². The van der Waals surface area contributed by atoms with E-state index in [4.69, 9.17) is 9.15 Å². The molecule has 7 nitrogen and oxygen atoms in total. The van der Waals surface area contributed by atoms with Crippen molar-refractivity contribution in [1.82, 2.24) is 15.1 Å². The smallest absolute Gasteiger partial charge is 0.260 e. The lowest BCUT2D eigenvalue weighted by Crippen LogP contribution is -2.49. The summed E-state index contributed by atoms with van der Waals surface area (Å²) in [6.07, 6.45) is 4.86. The summed E-state index contributed by atoms with van der Waals surface area (Å²) in [6, 6.07) is 11.0. The van der Waals surface area contributed by atoms with Gasteiger partial charge in [-0.3, -0.25) is 14.5 Å². The summed E-state index contributed by atoms with van der Waals surface area (Å²) in [5.74, 6) is 1.21. The molecule has 3 rings (SSSR count). The fourth-order valence-corrected chi connectivity index (χ4v) is 4.14. The summed E-state index contributed by atoms with van der Waals surface area (Å²) in [4.78, 5) is 29.1. The van der Waals surface area contributed by atoms with Crippen LogP contribution in [0.25, 0.3) is 0 Å². The number of piperidine rings is 1. The van der Waals surface area contributed by atoms with E-state index in [1.165, 1.54) is 0 Å². The largest absolute Gasteiger partial charge is 0.484 e. The minimum absolute atomic E-state index is 0.00782. The van der Waals surface area contributed by atoms with Gasteiger partial charge in [0.2, 0.25) is 0 Å². The first-order valence-electron chi connectivity index (χ1n) is 10.9. The number of hydrogen-bond acceptors (Lipinski definition) is 5. The summed E-state index contributed by atoms with van der Waals surface area (Å²) in [5.41, 5.74) is 0.536. The van der Waals surface area contributed by atoms with Crippen LogP contribution in [-0.4, -0.2) is 60.9 Å². The van der Waals surface area contributed by atoms with Gasteiger partial charge in [0.1, 0.15) is 11.5 Å². The lowest BCUT2D eigenvalue weighted by atomic mass is 9.97. The number of furan rings is 1. The van der Waals surface area contributed by atoms with Crippen LogP contribution in [0.2, 0.25) is 0 Å². The number of rotatable bonds is 8. The number of nitrogens with one attached hydrogen (secondary N) is 1. The first-order valence-corrected chi connectivity index (χ1v) is 10.9. The maximum atomic E-state index is 12.6. The number of ether oxygens (including phenoxy) is 1. The van der Waals surface area contributed by atoms with Crippen LogP contribution in [0.1, 0.15) is 55.3 Å². The standard InChI is InChI=1S/C24H33N3O4/c1-17-7-5-8-18(2)27(17)23(28)16-31-20-12-10-19(11-13-20)24(29)25-15-21(26(3)4)22-9-6-14-30-22/h6,9-14,17-18,21H,5,7-8,15-16H2,1-4H3,(H,25,29). The van der Waals surface area contributed by atoms with Gasteiger partial charge in [0.05, 0.1) is 12.3 Å². The van der Waals surface area contributed by atoms with E-state index in [9.17, 15) is 9.59 Å². The molecule has 1 aromatic carbocycles. The van der Waals surface area contributed by atoms with E-state index in [0.717, 1.165) is 25.0 Å². The number of likely N-dealkylation sites (N-methyl/N-ethyl adjacent to an activating group) is 1. The van der Waals surface area contributed by atoms with Crippen LogP contribution in [0.4, 0.5) is 0 Å². The minimum atomic E-state index is -0.169. The maximum Gasteiger partial charge on any atom is 0.260 e. The predicted octanol–water partition coefficient (Wildman–Crippen LogP) is 3.48. The van der Waals surface area contributed by atoms with Gasteiger partial charge < -0.3 is 19.4 Å². The number of carbonyl (C=O) groups is 2. The monoisotopic (exact) mass is 427 g/mol. The molecule has 0 saturated carbocycles. The average molecular weight is 428 g/mol. The Morgan fingerprint density at radius 2 is 1.84 bits per heavy atom. The molecular weight excluding hydrogens is 394 g/mol. The number of amides is 2. The van der Waals surface area contributed by atoms with Crippen LogP contribution in [0, 0.1) is 0 Å². The number of nitrogens with zero attached hydrogens (tertiary/aromatic N) is 2. The zero-order valence-corrected chi connectivity index (χ0v) is 18.8. The van der Waals surface area contributed by atoms with Crippen LogP contribution in [0.15, 0.2) is 47.1 Å². The number of carbonyl (C=O) groups excluding carboxylic acids is 2. The zero-order chi connectivity index (χ0) is 22.4. The second-order valence-electron chi connectivity index (χ2n) is 8.45. The lowest BCUT2D eigenvalue weighted by Gasteiger charge is -2.38. The summed E-state index contributed by atoms with van der Waals surface area (Å²) in [5, 5.41) is 2.95. The van der Waals surface area contributed by atoms with Gasteiger partial charge in [-0.15, -0.1) is 0 Å². The summed E-state index contributed by atoms with van der Waals surface area (Å²) >= 11 is 0. The number of hydrogen-bond donors (Lipinski definition) is 1. The van der Waals surface area contributed by atoms with E-state index >= 15 is 0 Å². The lowest BCUT2D eigenvalue weighted by molar-refractivity contribution is -0.139. The molecule has 1 aliphatic heterocycles. The number of likely N-dealkylation sites (tertiary alicyclic amines) is 1. The molecule has 1 fully saturated rings. The van der Waals surface area contributed by atoms with Crippen molar-refractivity contribution in [1.29, 1.82) is 0 Å². The van der Waals surface area contributed by atoms with Gasteiger partial charge in [0, 0.05) is 24.2 Å². The van der Waals surface area contributed by atoms with Gasteiger partial charge in [0.15, 0.2) is 6.61 Å². The fourth-order valence-electron chi connectivity index (χ4n) is 4.14. The third-order valence-corrected chi connectivity index (χ3v) is 5.91. The molecule has 0 radical (unpaired) electrons. The summed E-state index contributed by atoms with van der Waals surface area (Å²) in [7, 11) is 3.89. The van der Waals surface area contributed by atoms with E-state index < -0.39 is 0 Å². The first-order chi connectivity index (χ1) is 14.9. The normalized spacial score (nSPS) is 19.8. The highest BCUT2D eigenvalue weighted by molar-refractivity contribution is 5.94. The van der Waals surface area contributed by atoms with Gasteiger partial charge in [-0.25, -0.2) is 0 Å². The van der Waals surface area contributed by atoms with Crippen molar-refractivity contribution in [2.45, 2.75) is 51.2 Å². The molecular formula is C24H33N3O4. The Balaban J connectivity index is 1.51. The van der Waals surface area contributed by atoms with Crippen molar-refractivity contribution in [2.75, 3.05) is 27.2 Å². The molecule has 0 aliphatic carbocycles. The molecule has 1 aromatic heterocycles. The molecule has 2 aromatic rings. The second kappa shape index (κ2) is 10.5. The summed E-state index contributed by atoms with van der Waals surface area (Å²) in [6.45, 7) is 4.62. The third kappa shape index (κ3) is 5.88. The molecule has 0 bridgehead atoms. The van der Waals surface area contributed by atoms with Gasteiger partial charge >= 0.3 is 0 Å². The highest BCUT2D eigenvalue weighted by atomic mass is 16.5. The fraction of sp³-hybridized carbons (Fsp3) is 0.500. The Hall–Kier alpha value is -2.80. The minimum Gasteiger partial charge on any atom is -0.484 e. The molecule has 1 N–H and O–H groups in total. The van der Waals surface area contributed by atoms with Gasteiger partial charge in [-0.1, -0.05) is 0 Å². The SMILES string of the molecule is CC1CCCC(C)N1C(=O)COc1ccc(C(=O)NCC(c2ccco2)N(C)C)cc1. The molecule has 0 spiro atoms. The van der Waals surface area contributed by atoms with Crippen molar-refractivity contribution >= 4 is 11.8 Å². The molecule has 168 valence electrons. The van der Waals surface area contributed by atoms with E-state index in [2.05, 4.69) is 19.2 Å². The average Bonchev–Trinajstić information content (AvgIpc) is 3.26. The Bertz CT molecular complexity index is 838. The molecule has 2 heterocycles. The molecule has 1 aliphatic rings. The van der Waals surface area contributed by atoms with Crippen molar-refractivity contribution in [3.05, 3.63) is 54.0 Å². The molecule has 2 amide bonds. The van der Waals surface area contributed by atoms with Crippen LogP contribution in [0.5, 0.6) is 5.75 Å². The van der Waals surface area contributed by atoms with Gasteiger partial charge in [-0.2, -0.15) is 0 Å². The van der Waals surface area contributed by atoms with Crippen molar-refractivity contribution in [2.24, 2.45) is 0 Å². The van der Waals surface area contributed by atoms with Gasteiger partial charge in [-0.05, 0) is 83.6 Å². The van der Waals surface area contributed by atoms with Gasteiger partial charge in [0.25, 0.3) is 11.8 Å². The third-order valence-electron chi connectivity index (χ3n) is 5.91. The zero-order valence-electron chi connectivity index (χ0n) is 18.8. The van der Waals surface area contributed by atoms with E-state index in [0.29, 0.717) is 17.9 Å². The molecule has 31 heavy (non-hydrogen) atoms. The highest BCUT2D eigenvalue weighted by Gasteiger charge is 2.29. The Morgan fingerprint density at radius 1 is 1.16 bits per heavy atom. The van der Waals surface area contributed by atoms with Crippen LogP contribution in [-0.2, 0) is 4.79 Å². The quantitative estimate of drug-likeness (QED) is 0.698. The first kappa shape index (κ1) is 22.9. The van der Waals surface area contributed by atoms with Crippen molar-refractivity contribution < 1.29 is 18.7 Å². The molecule has 3 unspecified atom stereocenters. The van der Waals surface area contributed by atoms with Crippen molar-refractivity contribution in [3.8, 4) is 5.75 Å². The summed E-state index contributed by atoms with van der Waals surface area (Å²) < 4.78 is 11.2. The Kier molecular flexibility index (Phi) is 7.74. The Labute approximate surface area is 184 Å². The van der Waals surface area contributed by atoms with Crippen LogP contribution < -0.4 is 10.1 Å². The molecule has 7 heteroatoms. The van der Waals surface area contributed by atoms with Crippen LogP contribution >= 0.6 is 0 Å². The maximum absolute atomic E-state index is 12.6. The predicted molar refractivity (Wildman–Crippen MR) is 119 cm³/mol. The molecule has 1 saturated heterocycles. The van der Waals surface area contributed by atoms with E-state index in [1.54, 1.807) is 30.5 Å². The topological polar surface area (TPSA) is 75.0 Å². The number of benzene rings is 1. The molecule has 3 atom stereocenters. The van der Waals surface area contributed by atoms with E-state index in [-0.39, 0.29) is 36.5 Å². The Morgan fingerprint density at radius 3 is 2.42 bits per heavy atom.